The van der Waals surface area contributed by atoms with Crippen molar-refractivity contribution in [3.63, 3.8) is 0 Å². The van der Waals surface area contributed by atoms with E-state index in [1.807, 2.05) is 6.07 Å². The molecule has 21 heavy (non-hydrogen) atoms. The molecule has 0 bridgehead atoms. The lowest BCUT2D eigenvalue weighted by Gasteiger charge is -2.10. The average molecular weight is 294 g/mol. The van der Waals surface area contributed by atoms with Crippen LogP contribution in [0.2, 0.25) is 0 Å². The Hall–Kier alpha value is -1.52. The first-order chi connectivity index (χ1) is 10.2. The summed E-state index contributed by atoms with van der Waals surface area (Å²) in [5, 5.41) is 10.7. The molecule has 120 valence electrons. The Balaban J connectivity index is 2.42. The summed E-state index contributed by atoms with van der Waals surface area (Å²) < 4.78 is 5.30. The van der Waals surface area contributed by atoms with Gasteiger partial charge in [0.1, 0.15) is 6.54 Å². The van der Waals surface area contributed by atoms with Gasteiger partial charge < -0.3 is 15.2 Å². The predicted molar refractivity (Wildman–Crippen MR) is 87.6 cm³/mol. The zero-order chi connectivity index (χ0) is 15.5. The van der Waals surface area contributed by atoms with E-state index in [-0.39, 0.29) is 0 Å². The van der Waals surface area contributed by atoms with Crippen LogP contribution in [0, 0.1) is 0 Å². The van der Waals surface area contributed by atoms with E-state index in [1.54, 1.807) is 0 Å². The van der Waals surface area contributed by atoms with E-state index in [1.165, 1.54) is 25.7 Å². The molecule has 0 saturated heterocycles. The fraction of sp³-hybridized carbons (Fsp3) is 0.750. The summed E-state index contributed by atoms with van der Waals surface area (Å²) in [7, 11) is 0. The van der Waals surface area contributed by atoms with Crippen molar-refractivity contribution < 1.29 is 4.52 Å². The van der Waals surface area contributed by atoms with Gasteiger partial charge in [-0.15, -0.1) is 0 Å². The topological polar surface area (TPSA) is 62.5 Å². The van der Waals surface area contributed by atoms with E-state index >= 15 is 0 Å². The normalized spacial score (nSPS) is 12.0. The molecule has 2 N–H and O–H groups in total. The molecule has 0 unspecified atom stereocenters. The molecule has 5 nitrogen and oxygen atoms in total. The Morgan fingerprint density at radius 2 is 2.05 bits per heavy atom. The third kappa shape index (κ3) is 7.16. The first-order valence-electron chi connectivity index (χ1n) is 8.15. The summed E-state index contributed by atoms with van der Waals surface area (Å²) in [5.41, 5.74) is 0.984. The van der Waals surface area contributed by atoms with Crippen LogP contribution in [0.25, 0.3) is 0 Å². The van der Waals surface area contributed by atoms with Crippen molar-refractivity contribution in [2.75, 3.05) is 13.1 Å². The summed E-state index contributed by atoms with van der Waals surface area (Å²) in [4.78, 5) is 4.53. The maximum atomic E-state index is 5.30. The fourth-order valence-electron chi connectivity index (χ4n) is 1.93. The minimum absolute atomic E-state index is 0.386. The maximum absolute atomic E-state index is 5.30. The number of guanidine groups is 1. The largest absolute Gasteiger partial charge is 0.359 e. The number of nitrogens with zero attached hydrogens (tertiary/aromatic N) is 2. The molecule has 0 aromatic carbocycles. The van der Waals surface area contributed by atoms with E-state index in [4.69, 9.17) is 4.52 Å². The van der Waals surface area contributed by atoms with Crippen LogP contribution in [0.1, 0.15) is 70.8 Å². The molecule has 0 atom stereocenters. The van der Waals surface area contributed by atoms with E-state index in [2.05, 4.69) is 48.5 Å². The van der Waals surface area contributed by atoms with Crippen molar-refractivity contribution in [2.24, 2.45) is 4.99 Å². The zero-order valence-corrected chi connectivity index (χ0v) is 13.9. The Morgan fingerprint density at radius 3 is 2.67 bits per heavy atom. The van der Waals surface area contributed by atoms with E-state index in [0.29, 0.717) is 12.5 Å². The van der Waals surface area contributed by atoms with Gasteiger partial charge in [0.15, 0.2) is 11.7 Å². The van der Waals surface area contributed by atoms with Crippen LogP contribution in [0.15, 0.2) is 15.6 Å². The summed E-state index contributed by atoms with van der Waals surface area (Å²) in [6.45, 7) is 10.8. The Labute approximate surface area is 128 Å². The van der Waals surface area contributed by atoms with Crippen LogP contribution in [0.5, 0.6) is 0 Å². The highest BCUT2D eigenvalue weighted by Gasteiger charge is 2.07. The molecule has 5 heteroatoms. The third-order valence-corrected chi connectivity index (χ3v) is 3.23. The number of rotatable bonds is 9. The van der Waals surface area contributed by atoms with Crippen molar-refractivity contribution in [1.29, 1.82) is 0 Å². The fourth-order valence-corrected chi connectivity index (χ4v) is 1.93. The molecule has 0 aliphatic heterocycles. The number of hydrogen-bond acceptors (Lipinski definition) is 3. The SMILES string of the molecule is CCCCCCNC(=NCc1cc(C(C)C)no1)NCC. The van der Waals surface area contributed by atoms with Crippen LogP contribution < -0.4 is 10.6 Å². The van der Waals surface area contributed by atoms with Crippen LogP contribution >= 0.6 is 0 Å². The molecule has 1 heterocycles. The molecule has 0 saturated carbocycles. The van der Waals surface area contributed by atoms with Gasteiger partial charge in [-0.3, -0.25) is 0 Å². The van der Waals surface area contributed by atoms with Gasteiger partial charge in [0, 0.05) is 19.2 Å². The Bertz CT molecular complexity index is 412. The first-order valence-corrected chi connectivity index (χ1v) is 8.15. The van der Waals surface area contributed by atoms with Gasteiger partial charge in [0.25, 0.3) is 0 Å². The van der Waals surface area contributed by atoms with Crippen molar-refractivity contribution >= 4 is 5.96 Å². The van der Waals surface area contributed by atoms with Gasteiger partial charge in [-0.1, -0.05) is 45.2 Å². The van der Waals surface area contributed by atoms with Crippen molar-refractivity contribution in [3.8, 4) is 0 Å². The van der Waals surface area contributed by atoms with Gasteiger partial charge in [0.2, 0.25) is 0 Å². The molecule has 0 radical (unpaired) electrons. The molecule has 1 rings (SSSR count). The minimum Gasteiger partial charge on any atom is -0.359 e. The highest BCUT2D eigenvalue weighted by Crippen LogP contribution is 2.14. The number of nitrogens with one attached hydrogen (secondary N) is 2. The number of aliphatic imine (C=N–C) groups is 1. The van der Waals surface area contributed by atoms with E-state index in [0.717, 1.165) is 30.5 Å². The van der Waals surface area contributed by atoms with Gasteiger partial charge in [0.05, 0.1) is 5.69 Å². The highest BCUT2D eigenvalue weighted by molar-refractivity contribution is 5.79. The van der Waals surface area contributed by atoms with E-state index in [9.17, 15) is 0 Å². The first kappa shape index (κ1) is 17.5. The molecule has 0 spiro atoms. The molecule has 0 aliphatic rings. The maximum Gasteiger partial charge on any atom is 0.191 e. The third-order valence-electron chi connectivity index (χ3n) is 3.23. The Morgan fingerprint density at radius 1 is 1.24 bits per heavy atom. The van der Waals surface area contributed by atoms with Gasteiger partial charge in [-0.25, -0.2) is 4.99 Å². The Kier molecular flexibility index (Phi) is 8.55. The van der Waals surface area contributed by atoms with Crippen molar-refractivity contribution in [2.45, 2.75) is 65.8 Å². The van der Waals surface area contributed by atoms with Crippen LogP contribution in [0.3, 0.4) is 0 Å². The average Bonchev–Trinajstić information content (AvgIpc) is 2.93. The summed E-state index contributed by atoms with van der Waals surface area (Å²) in [6.07, 6.45) is 5.00. The molecule has 0 aliphatic carbocycles. The van der Waals surface area contributed by atoms with Crippen molar-refractivity contribution in [3.05, 3.63) is 17.5 Å². The second-order valence-electron chi connectivity index (χ2n) is 5.56. The number of hydrogen-bond donors (Lipinski definition) is 2. The lowest BCUT2D eigenvalue weighted by Crippen LogP contribution is -2.37. The molecule has 0 fully saturated rings. The minimum atomic E-state index is 0.386. The molecular weight excluding hydrogens is 264 g/mol. The monoisotopic (exact) mass is 294 g/mol. The van der Waals surface area contributed by atoms with Crippen LogP contribution in [-0.2, 0) is 6.54 Å². The smallest absolute Gasteiger partial charge is 0.191 e. The summed E-state index contributed by atoms with van der Waals surface area (Å²) in [6, 6.07) is 1.99. The van der Waals surface area contributed by atoms with E-state index < -0.39 is 0 Å². The molecule has 0 amide bonds. The quantitative estimate of drug-likeness (QED) is 0.416. The van der Waals surface area contributed by atoms with Crippen molar-refractivity contribution in [1.82, 2.24) is 15.8 Å². The van der Waals surface area contributed by atoms with Gasteiger partial charge in [-0.05, 0) is 19.3 Å². The molecule has 1 aromatic rings. The highest BCUT2D eigenvalue weighted by atomic mass is 16.5. The predicted octanol–water partition coefficient (Wildman–Crippen LogP) is 3.43. The van der Waals surface area contributed by atoms with Crippen LogP contribution in [-0.4, -0.2) is 24.2 Å². The standard InChI is InChI=1S/C16H30N4O/c1-5-7-8-9-10-18-16(17-6-2)19-12-14-11-15(13(3)4)20-21-14/h11,13H,5-10,12H2,1-4H3,(H2,17,18,19). The second-order valence-corrected chi connectivity index (χ2v) is 5.56. The lowest BCUT2D eigenvalue weighted by atomic mass is 10.1. The summed E-state index contributed by atoms with van der Waals surface area (Å²) >= 11 is 0. The summed E-state index contributed by atoms with van der Waals surface area (Å²) in [5.74, 6) is 2.04. The molecule has 1 aromatic heterocycles. The molecular formula is C16H30N4O. The zero-order valence-electron chi connectivity index (χ0n) is 13.9. The van der Waals surface area contributed by atoms with Gasteiger partial charge >= 0.3 is 0 Å². The lowest BCUT2D eigenvalue weighted by molar-refractivity contribution is 0.376. The second kappa shape index (κ2) is 10.2. The number of aromatic nitrogens is 1. The van der Waals surface area contributed by atoms with Crippen LogP contribution in [0.4, 0.5) is 0 Å². The number of unbranched alkanes of at least 4 members (excludes halogenated alkanes) is 3. The van der Waals surface area contributed by atoms with Gasteiger partial charge in [-0.2, -0.15) is 0 Å².